The zero-order chi connectivity index (χ0) is 14.3. The van der Waals surface area contributed by atoms with Crippen molar-refractivity contribution < 1.29 is 19.8 Å². The van der Waals surface area contributed by atoms with Gasteiger partial charge in [-0.25, -0.2) is 4.79 Å². The summed E-state index contributed by atoms with van der Waals surface area (Å²) in [4.78, 5) is 26.8. The van der Waals surface area contributed by atoms with Crippen LogP contribution in [0.3, 0.4) is 0 Å². The molecule has 0 spiro atoms. The van der Waals surface area contributed by atoms with Crippen LogP contribution in [0.5, 0.6) is 0 Å². The first-order chi connectivity index (χ1) is 8.73. The molecule has 19 heavy (non-hydrogen) atoms. The standard InChI is InChI=1S/C13H22N2O4/c1-12(10(16)17)5-7-15(8-12)11(18)14-6-3-4-13(2,19)9-14/h19H,3-9H2,1-2H3,(H,16,17). The second-order valence-corrected chi connectivity index (χ2v) is 6.34. The second-order valence-electron chi connectivity index (χ2n) is 6.34. The van der Waals surface area contributed by atoms with E-state index in [9.17, 15) is 19.8 Å². The Morgan fingerprint density at radius 1 is 1.05 bits per heavy atom. The highest BCUT2D eigenvalue weighted by Gasteiger charge is 2.44. The Bertz CT molecular complexity index is 396. The monoisotopic (exact) mass is 270 g/mol. The molecule has 0 bridgehead atoms. The van der Waals surface area contributed by atoms with Crippen molar-refractivity contribution in [2.45, 2.75) is 38.7 Å². The summed E-state index contributed by atoms with van der Waals surface area (Å²) in [5.74, 6) is -0.853. The van der Waals surface area contributed by atoms with Crippen molar-refractivity contribution in [3.05, 3.63) is 0 Å². The van der Waals surface area contributed by atoms with Crippen molar-refractivity contribution in [1.29, 1.82) is 0 Å². The first-order valence-corrected chi connectivity index (χ1v) is 6.73. The SMILES string of the molecule is CC1(O)CCCN(C(=O)N2CCC(C)(C(=O)O)C2)C1. The number of rotatable bonds is 1. The van der Waals surface area contributed by atoms with Gasteiger partial charge in [-0.15, -0.1) is 0 Å². The van der Waals surface area contributed by atoms with E-state index in [4.69, 9.17) is 0 Å². The maximum atomic E-state index is 12.3. The lowest BCUT2D eigenvalue weighted by atomic mass is 9.90. The lowest BCUT2D eigenvalue weighted by Crippen LogP contribution is -2.52. The van der Waals surface area contributed by atoms with Gasteiger partial charge in [0, 0.05) is 19.6 Å². The van der Waals surface area contributed by atoms with E-state index in [0.717, 1.165) is 6.42 Å². The number of nitrogens with zero attached hydrogens (tertiary/aromatic N) is 2. The quantitative estimate of drug-likeness (QED) is 0.736. The molecule has 6 heteroatoms. The molecule has 0 aromatic rings. The molecular weight excluding hydrogens is 248 g/mol. The van der Waals surface area contributed by atoms with Crippen LogP contribution in [0.25, 0.3) is 0 Å². The van der Waals surface area contributed by atoms with Crippen LogP contribution in [-0.4, -0.2) is 63.8 Å². The summed E-state index contributed by atoms with van der Waals surface area (Å²) in [6, 6.07) is -0.148. The number of carbonyl (C=O) groups is 2. The zero-order valence-electron chi connectivity index (χ0n) is 11.6. The summed E-state index contributed by atoms with van der Waals surface area (Å²) in [6.07, 6.45) is 1.96. The molecule has 0 aromatic heterocycles. The maximum absolute atomic E-state index is 12.3. The van der Waals surface area contributed by atoms with Crippen LogP contribution in [0.4, 0.5) is 4.79 Å². The predicted molar refractivity (Wildman–Crippen MR) is 68.8 cm³/mol. The van der Waals surface area contributed by atoms with E-state index in [1.807, 2.05) is 0 Å². The maximum Gasteiger partial charge on any atom is 0.320 e. The summed E-state index contributed by atoms with van der Waals surface area (Å²) >= 11 is 0. The molecule has 2 aliphatic rings. The average Bonchev–Trinajstić information content (AvgIpc) is 2.71. The van der Waals surface area contributed by atoms with Gasteiger partial charge in [-0.1, -0.05) is 0 Å². The summed E-state index contributed by atoms with van der Waals surface area (Å²) in [5.41, 5.74) is -1.67. The molecule has 2 N–H and O–H groups in total. The van der Waals surface area contributed by atoms with Crippen LogP contribution < -0.4 is 0 Å². The van der Waals surface area contributed by atoms with Crippen molar-refractivity contribution in [1.82, 2.24) is 9.80 Å². The number of carboxylic acids is 1. The normalized spacial score (nSPS) is 35.5. The van der Waals surface area contributed by atoms with E-state index in [-0.39, 0.29) is 12.6 Å². The highest BCUT2D eigenvalue weighted by molar-refractivity contribution is 5.79. The third kappa shape index (κ3) is 2.83. The van der Waals surface area contributed by atoms with Crippen LogP contribution in [0.15, 0.2) is 0 Å². The van der Waals surface area contributed by atoms with Gasteiger partial charge in [0.25, 0.3) is 0 Å². The Morgan fingerprint density at radius 2 is 1.68 bits per heavy atom. The van der Waals surface area contributed by atoms with E-state index in [1.54, 1.807) is 23.6 Å². The van der Waals surface area contributed by atoms with E-state index in [0.29, 0.717) is 32.5 Å². The molecule has 2 amide bonds. The van der Waals surface area contributed by atoms with Crippen LogP contribution in [0.1, 0.15) is 33.1 Å². The fraction of sp³-hybridized carbons (Fsp3) is 0.846. The van der Waals surface area contributed by atoms with Crippen LogP contribution in [0.2, 0.25) is 0 Å². The van der Waals surface area contributed by atoms with Crippen molar-refractivity contribution in [3.63, 3.8) is 0 Å². The van der Waals surface area contributed by atoms with Gasteiger partial charge in [0.2, 0.25) is 0 Å². The first kappa shape index (κ1) is 14.1. The summed E-state index contributed by atoms with van der Waals surface area (Å²) in [7, 11) is 0. The Hall–Kier alpha value is -1.30. The number of urea groups is 1. The number of piperidine rings is 1. The topological polar surface area (TPSA) is 81.1 Å². The van der Waals surface area contributed by atoms with E-state index in [1.165, 1.54) is 0 Å². The molecule has 0 aliphatic carbocycles. The second kappa shape index (κ2) is 4.67. The number of likely N-dealkylation sites (tertiary alicyclic amines) is 2. The lowest BCUT2D eigenvalue weighted by molar-refractivity contribution is -0.147. The van der Waals surface area contributed by atoms with Crippen LogP contribution >= 0.6 is 0 Å². The Labute approximate surface area is 113 Å². The molecule has 6 nitrogen and oxygen atoms in total. The fourth-order valence-corrected chi connectivity index (χ4v) is 2.88. The zero-order valence-corrected chi connectivity index (χ0v) is 11.6. The molecule has 2 unspecified atom stereocenters. The van der Waals surface area contributed by atoms with Gasteiger partial charge in [-0.2, -0.15) is 0 Å². The molecular formula is C13H22N2O4. The van der Waals surface area contributed by atoms with Crippen molar-refractivity contribution in [3.8, 4) is 0 Å². The number of amides is 2. The van der Waals surface area contributed by atoms with Gasteiger partial charge in [-0.3, -0.25) is 4.79 Å². The largest absolute Gasteiger partial charge is 0.481 e. The number of aliphatic hydroxyl groups is 1. The van der Waals surface area contributed by atoms with Crippen LogP contribution in [-0.2, 0) is 4.79 Å². The first-order valence-electron chi connectivity index (χ1n) is 6.73. The average molecular weight is 270 g/mol. The molecule has 0 radical (unpaired) electrons. The van der Waals surface area contributed by atoms with Gasteiger partial charge in [0.15, 0.2) is 0 Å². The van der Waals surface area contributed by atoms with Crippen LogP contribution in [0, 0.1) is 5.41 Å². The Kier molecular flexibility index (Phi) is 3.47. The van der Waals surface area contributed by atoms with E-state index in [2.05, 4.69) is 0 Å². The number of carboxylic acid groups (broad SMARTS) is 1. The molecule has 2 heterocycles. The summed E-state index contributed by atoms with van der Waals surface area (Å²) in [5, 5.41) is 19.2. The van der Waals surface area contributed by atoms with Gasteiger partial charge in [0.05, 0.1) is 17.6 Å². The highest BCUT2D eigenvalue weighted by Crippen LogP contribution is 2.31. The minimum absolute atomic E-state index is 0.148. The third-order valence-corrected chi connectivity index (χ3v) is 4.21. The number of hydrogen-bond donors (Lipinski definition) is 2. The molecule has 2 rings (SSSR count). The minimum Gasteiger partial charge on any atom is -0.481 e. The summed E-state index contributed by atoms with van der Waals surface area (Å²) < 4.78 is 0. The number of carbonyl (C=O) groups excluding carboxylic acids is 1. The van der Waals surface area contributed by atoms with Gasteiger partial charge in [-0.05, 0) is 33.1 Å². The number of hydrogen-bond acceptors (Lipinski definition) is 3. The Morgan fingerprint density at radius 3 is 2.21 bits per heavy atom. The van der Waals surface area contributed by atoms with Gasteiger partial charge >= 0.3 is 12.0 Å². The van der Waals surface area contributed by atoms with Gasteiger partial charge < -0.3 is 20.0 Å². The van der Waals surface area contributed by atoms with Gasteiger partial charge in [0.1, 0.15) is 0 Å². The van der Waals surface area contributed by atoms with E-state index >= 15 is 0 Å². The molecule has 2 atom stereocenters. The molecule has 108 valence electrons. The molecule has 2 aliphatic heterocycles. The number of β-amino-alcohol motifs (C(OH)–C–C–N with tert-alkyl or cyclic N) is 1. The van der Waals surface area contributed by atoms with Crippen molar-refractivity contribution in [2.75, 3.05) is 26.2 Å². The van der Waals surface area contributed by atoms with E-state index < -0.39 is 17.0 Å². The molecule has 0 aromatic carbocycles. The van der Waals surface area contributed by atoms with Crippen molar-refractivity contribution >= 4 is 12.0 Å². The lowest BCUT2D eigenvalue weighted by Gasteiger charge is -2.38. The number of aliphatic carboxylic acids is 1. The molecule has 0 saturated carbocycles. The third-order valence-electron chi connectivity index (χ3n) is 4.21. The summed E-state index contributed by atoms with van der Waals surface area (Å²) in [6.45, 7) is 5.09. The van der Waals surface area contributed by atoms with Crippen molar-refractivity contribution in [2.24, 2.45) is 5.41 Å². The minimum atomic E-state index is -0.853. The fourth-order valence-electron chi connectivity index (χ4n) is 2.88. The smallest absolute Gasteiger partial charge is 0.320 e. The molecule has 2 fully saturated rings. The molecule has 2 saturated heterocycles. The predicted octanol–water partition coefficient (Wildman–Crippen LogP) is 0.750. The Balaban J connectivity index is 2.00. The highest BCUT2D eigenvalue weighted by atomic mass is 16.4.